The average Bonchev–Trinajstić information content (AvgIpc) is 3.21. The smallest absolute Gasteiger partial charge is 0.416 e. The monoisotopic (exact) mass is 353 g/mol. The van der Waals surface area contributed by atoms with E-state index < -0.39 is 23.9 Å². The van der Waals surface area contributed by atoms with Crippen LogP contribution in [0.1, 0.15) is 35.6 Å². The van der Waals surface area contributed by atoms with Crippen LogP contribution in [0, 0.1) is 0 Å². The minimum Gasteiger partial charge on any atom is -0.472 e. The Hall–Kier alpha value is -2.28. The summed E-state index contributed by atoms with van der Waals surface area (Å²) in [5.74, 6) is -0.194. The van der Waals surface area contributed by atoms with E-state index in [4.69, 9.17) is 4.42 Å². The Morgan fingerprint density at radius 3 is 2.80 bits per heavy atom. The summed E-state index contributed by atoms with van der Waals surface area (Å²) in [6.07, 6.45) is -1.18. The molecule has 25 heavy (non-hydrogen) atoms. The van der Waals surface area contributed by atoms with E-state index in [2.05, 4.69) is 0 Å². The number of aryl methyl sites for hydroxylation is 1. The average molecular weight is 353 g/mol. The van der Waals surface area contributed by atoms with Crippen molar-refractivity contribution in [3.05, 3.63) is 59.5 Å². The van der Waals surface area contributed by atoms with Gasteiger partial charge in [-0.1, -0.05) is 12.1 Å². The summed E-state index contributed by atoms with van der Waals surface area (Å²) in [7, 11) is 0. The van der Waals surface area contributed by atoms with Crippen molar-refractivity contribution in [2.75, 3.05) is 6.54 Å². The molecule has 1 aliphatic rings. The number of benzene rings is 1. The van der Waals surface area contributed by atoms with Gasteiger partial charge in [-0.25, -0.2) is 0 Å². The highest BCUT2D eigenvalue weighted by atomic mass is 19.4. The molecule has 0 radical (unpaired) electrons. The molecule has 1 amide bonds. The molecule has 0 saturated carbocycles. The standard InChI is InChI=1S/C18H18F3NO3/c19-18(20,21)14-3-1-2-13(8-14)16-9-15(23)10-22(16)17(24)5-4-12-6-7-25-11-12/h1-3,6-8,11,15-16,23H,4-5,9-10H2/t15-,16+/m0/s1. The quantitative estimate of drug-likeness (QED) is 0.914. The second kappa shape index (κ2) is 6.92. The summed E-state index contributed by atoms with van der Waals surface area (Å²) in [6, 6.07) is 6.16. The number of nitrogens with zero attached hydrogens (tertiary/aromatic N) is 1. The molecule has 1 aliphatic heterocycles. The van der Waals surface area contributed by atoms with Crippen molar-refractivity contribution in [2.24, 2.45) is 0 Å². The fourth-order valence-corrected chi connectivity index (χ4v) is 3.16. The highest BCUT2D eigenvalue weighted by Crippen LogP contribution is 2.36. The van der Waals surface area contributed by atoms with Gasteiger partial charge in [0.2, 0.25) is 5.91 Å². The molecular formula is C18H18F3NO3. The van der Waals surface area contributed by atoms with Gasteiger partial charge in [-0.05, 0) is 42.2 Å². The number of aliphatic hydroxyl groups excluding tert-OH is 1. The highest BCUT2D eigenvalue weighted by Gasteiger charge is 2.37. The van der Waals surface area contributed by atoms with E-state index in [1.807, 2.05) is 0 Å². The summed E-state index contributed by atoms with van der Waals surface area (Å²) >= 11 is 0. The lowest BCUT2D eigenvalue weighted by Crippen LogP contribution is -2.32. The lowest BCUT2D eigenvalue weighted by atomic mass is 10.0. The second-order valence-corrected chi connectivity index (χ2v) is 6.21. The number of halogens is 3. The number of β-amino-alcohol motifs (C(OH)–C–C–N with tert-alkyl or cyclic N) is 1. The topological polar surface area (TPSA) is 53.7 Å². The third-order valence-electron chi connectivity index (χ3n) is 4.41. The molecule has 0 bridgehead atoms. The lowest BCUT2D eigenvalue weighted by molar-refractivity contribution is -0.137. The van der Waals surface area contributed by atoms with Crippen LogP contribution in [0.25, 0.3) is 0 Å². The molecule has 0 spiro atoms. The van der Waals surface area contributed by atoms with Crippen LogP contribution in [0.2, 0.25) is 0 Å². The molecule has 1 aromatic heterocycles. The second-order valence-electron chi connectivity index (χ2n) is 6.21. The molecule has 7 heteroatoms. The molecule has 1 aromatic carbocycles. The molecule has 1 fully saturated rings. The minimum atomic E-state index is -4.44. The molecule has 4 nitrogen and oxygen atoms in total. The fraction of sp³-hybridized carbons (Fsp3) is 0.389. The Morgan fingerprint density at radius 1 is 1.32 bits per heavy atom. The van der Waals surface area contributed by atoms with E-state index in [-0.39, 0.29) is 25.3 Å². The zero-order valence-corrected chi connectivity index (χ0v) is 13.4. The van der Waals surface area contributed by atoms with Gasteiger partial charge in [0, 0.05) is 13.0 Å². The number of alkyl halides is 3. The van der Waals surface area contributed by atoms with Gasteiger partial charge in [-0.2, -0.15) is 13.2 Å². The van der Waals surface area contributed by atoms with Crippen molar-refractivity contribution in [3.63, 3.8) is 0 Å². The molecule has 2 atom stereocenters. The zero-order valence-electron chi connectivity index (χ0n) is 13.4. The van der Waals surface area contributed by atoms with E-state index in [0.717, 1.165) is 17.7 Å². The van der Waals surface area contributed by atoms with Crippen LogP contribution in [0.3, 0.4) is 0 Å². The summed E-state index contributed by atoms with van der Waals surface area (Å²) in [4.78, 5) is 14.0. The molecule has 1 N–H and O–H groups in total. The molecular weight excluding hydrogens is 335 g/mol. The number of hydrogen-bond donors (Lipinski definition) is 1. The first-order chi connectivity index (χ1) is 11.8. The van der Waals surface area contributed by atoms with Crippen molar-refractivity contribution < 1.29 is 27.5 Å². The summed E-state index contributed by atoms with van der Waals surface area (Å²) in [5, 5.41) is 9.93. The molecule has 0 aliphatic carbocycles. The maximum atomic E-state index is 12.9. The molecule has 3 rings (SSSR count). The maximum absolute atomic E-state index is 12.9. The van der Waals surface area contributed by atoms with Gasteiger partial charge in [-0.15, -0.1) is 0 Å². The van der Waals surface area contributed by atoms with Crippen LogP contribution < -0.4 is 0 Å². The number of carbonyl (C=O) groups is 1. The third kappa shape index (κ3) is 4.04. The Kier molecular flexibility index (Phi) is 4.85. The van der Waals surface area contributed by atoms with Gasteiger partial charge >= 0.3 is 6.18 Å². The number of furan rings is 1. The Labute approximate surface area is 142 Å². The van der Waals surface area contributed by atoms with Crippen molar-refractivity contribution in [2.45, 2.75) is 37.6 Å². The summed E-state index contributed by atoms with van der Waals surface area (Å²) in [6.45, 7) is 0.130. The van der Waals surface area contributed by atoms with Crippen LogP contribution in [-0.4, -0.2) is 28.6 Å². The van der Waals surface area contributed by atoms with Crippen LogP contribution in [0.4, 0.5) is 13.2 Å². The Balaban J connectivity index is 1.76. The van der Waals surface area contributed by atoms with E-state index in [0.29, 0.717) is 12.0 Å². The fourth-order valence-electron chi connectivity index (χ4n) is 3.16. The van der Waals surface area contributed by atoms with Gasteiger partial charge in [-0.3, -0.25) is 4.79 Å². The van der Waals surface area contributed by atoms with E-state index in [9.17, 15) is 23.1 Å². The SMILES string of the molecule is O=C(CCc1ccoc1)N1C[C@@H](O)C[C@@H]1c1cccc(C(F)(F)F)c1. The van der Waals surface area contributed by atoms with Gasteiger partial charge < -0.3 is 14.4 Å². The van der Waals surface area contributed by atoms with Gasteiger partial charge in [0.05, 0.1) is 30.2 Å². The molecule has 134 valence electrons. The number of hydrogen-bond acceptors (Lipinski definition) is 3. The van der Waals surface area contributed by atoms with Gasteiger partial charge in [0.1, 0.15) is 0 Å². The summed E-state index contributed by atoms with van der Waals surface area (Å²) < 4.78 is 43.7. The number of likely N-dealkylation sites (tertiary alicyclic amines) is 1. The third-order valence-corrected chi connectivity index (χ3v) is 4.41. The molecule has 1 saturated heterocycles. The van der Waals surface area contributed by atoms with Crippen LogP contribution in [0.15, 0.2) is 47.3 Å². The van der Waals surface area contributed by atoms with E-state index in [1.54, 1.807) is 18.4 Å². The predicted molar refractivity (Wildman–Crippen MR) is 83.6 cm³/mol. The normalized spacial score (nSPS) is 20.9. The molecule has 0 unspecified atom stereocenters. The van der Waals surface area contributed by atoms with Crippen molar-refractivity contribution in [1.82, 2.24) is 4.90 Å². The molecule has 2 heterocycles. The zero-order chi connectivity index (χ0) is 18.0. The Bertz CT molecular complexity index is 727. The van der Waals surface area contributed by atoms with Gasteiger partial charge in [0.15, 0.2) is 0 Å². The van der Waals surface area contributed by atoms with Crippen molar-refractivity contribution in [1.29, 1.82) is 0 Å². The van der Waals surface area contributed by atoms with Gasteiger partial charge in [0.25, 0.3) is 0 Å². The maximum Gasteiger partial charge on any atom is 0.416 e. The number of aliphatic hydroxyl groups is 1. The summed E-state index contributed by atoms with van der Waals surface area (Å²) in [5.41, 5.74) is 0.518. The van der Waals surface area contributed by atoms with E-state index in [1.165, 1.54) is 17.2 Å². The van der Waals surface area contributed by atoms with Crippen molar-refractivity contribution in [3.8, 4) is 0 Å². The molecule has 2 aromatic rings. The van der Waals surface area contributed by atoms with Crippen LogP contribution >= 0.6 is 0 Å². The lowest BCUT2D eigenvalue weighted by Gasteiger charge is -2.25. The predicted octanol–water partition coefficient (Wildman–Crippen LogP) is 3.57. The minimum absolute atomic E-state index is 0.130. The first-order valence-corrected chi connectivity index (χ1v) is 8.00. The van der Waals surface area contributed by atoms with Crippen molar-refractivity contribution >= 4 is 5.91 Å². The van der Waals surface area contributed by atoms with Crippen LogP contribution in [0.5, 0.6) is 0 Å². The van der Waals surface area contributed by atoms with Crippen LogP contribution in [-0.2, 0) is 17.4 Å². The largest absolute Gasteiger partial charge is 0.472 e. The number of carbonyl (C=O) groups excluding carboxylic acids is 1. The first kappa shape index (κ1) is 17.5. The van der Waals surface area contributed by atoms with E-state index >= 15 is 0 Å². The number of amides is 1. The number of rotatable bonds is 4. The Morgan fingerprint density at radius 2 is 2.12 bits per heavy atom. The first-order valence-electron chi connectivity index (χ1n) is 8.00. The highest BCUT2D eigenvalue weighted by molar-refractivity contribution is 5.77.